The summed E-state index contributed by atoms with van der Waals surface area (Å²) in [5, 5.41) is 12.2. The lowest BCUT2D eigenvalue weighted by Gasteiger charge is -2.23. The topological polar surface area (TPSA) is 80.6 Å². The molecule has 0 radical (unpaired) electrons. The Morgan fingerprint density at radius 3 is 2.78 bits per heavy atom. The van der Waals surface area contributed by atoms with Crippen LogP contribution in [0, 0.1) is 0 Å². The van der Waals surface area contributed by atoms with Gasteiger partial charge in [0.15, 0.2) is 5.54 Å². The van der Waals surface area contributed by atoms with E-state index in [-0.39, 0.29) is 13.0 Å². The fourth-order valence-corrected chi connectivity index (χ4v) is 2.17. The van der Waals surface area contributed by atoms with Gasteiger partial charge in [0.1, 0.15) is 5.69 Å². The minimum atomic E-state index is -1.34. The molecule has 1 aliphatic rings. The second kappa shape index (κ2) is 4.62. The minimum absolute atomic E-state index is 0.0216. The molecule has 1 fully saturated rings. The Kier molecular flexibility index (Phi) is 3.32. The lowest BCUT2D eigenvalue weighted by molar-refractivity contribution is -0.144. The molecule has 0 bridgehead atoms. The molecule has 6 nitrogen and oxygen atoms in total. The van der Waals surface area contributed by atoms with E-state index < -0.39 is 17.4 Å². The Labute approximate surface area is 108 Å². The quantitative estimate of drug-likeness (QED) is 0.847. The predicted octanol–water partition coefficient (Wildman–Crippen LogP) is 0.652. The Morgan fingerprint density at radius 2 is 2.33 bits per heavy atom. The van der Waals surface area contributed by atoms with Gasteiger partial charge in [-0.05, 0) is 6.07 Å². The van der Waals surface area contributed by atoms with Gasteiger partial charge < -0.3 is 19.7 Å². The highest BCUT2D eigenvalue weighted by Crippen LogP contribution is 2.20. The molecule has 1 amide bonds. The standard InChI is InChI=1S/C11H13ClN2O4/c1-14-5-7(12)4-8(14)9(15)13-11(10(16)17)2-3-18-6-11/h4-5H,2-3,6H2,1H3,(H,13,15)(H,16,17). The number of carbonyl (C=O) groups excluding carboxylic acids is 1. The number of aromatic nitrogens is 1. The Bertz CT molecular complexity index is 491. The molecule has 1 unspecified atom stereocenters. The van der Waals surface area contributed by atoms with E-state index in [1.165, 1.54) is 6.07 Å². The summed E-state index contributed by atoms with van der Waals surface area (Å²) in [5.41, 5.74) is -1.03. The average molecular weight is 273 g/mol. The molecule has 0 aromatic carbocycles. The molecule has 1 aromatic rings. The summed E-state index contributed by atoms with van der Waals surface area (Å²) in [6.07, 6.45) is 1.83. The third-order valence-electron chi connectivity index (χ3n) is 2.99. The van der Waals surface area contributed by atoms with Crippen LogP contribution in [0.4, 0.5) is 0 Å². The number of rotatable bonds is 3. The molecule has 0 aliphatic carbocycles. The van der Waals surface area contributed by atoms with Gasteiger partial charge in [-0.25, -0.2) is 4.79 Å². The molecule has 0 saturated carbocycles. The van der Waals surface area contributed by atoms with Gasteiger partial charge in [0.25, 0.3) is 5.91 Å². The van der Waals surface area contributed by atoms with Crippen LogP contribution in [0.1, 0.15) is 16.9 Å². The van der Waals surface area contributed by atoms with Crippen LogP contribution in [0.15, 0.2) is 12.3 Å². The Morgan fingerprint density at radius 1 is 1.61 bits per heavy atom. The highest BCUT2D eigenvalue weighted by Gasteiger charge is 2.44. The van der Waals surface area contributed by atoms with E-state index in [2.05, 4.69) is 5.32 Å². The number of halogens is 1. The molecule has 0 spiro atoms. The summed E-state index contributed by atoms with van der Waals surface area (Å²) < 4.78 is 6.61. The van der Waals surface area contributed by atoms with Gasteiger partial charge in [0.05, 0.1) is 11.6 Å². The van der Waals surface area contributed by atoms with Crippen LogP contribution >= 0.6 is 11.6 Å². The molecule has 1 saturated heterocycles. The number of amides is 1. The van der Waals surface area contributed by atoms with Crippen molar-refractivity contribution in [3.63, 3.8) is 0 Å². The number of nitrogens with one attached hydrogen (secondary N) is 1. The molecule has 98 valence electrons. The van der Waals surface area contributed by atoms with Gasteiger partial charge in [0.2, 0.25) is 0 Å². The molecule has 18 heavy (non-hydrogen) atoms. The summed E-state index contributed by atoms with van der Waals surface area (Å²) in [5.74, 6) is -1.56. The van der Waals surface area contributed by atoms with Crippen LogP contribution in [0.3, 0.4) is 0 Å². The maximum absolute atomic E-state index is 12.0. The van der Waals surface area contributed by atoms with Crippen LogP contribution in [-0.2, 0) is 16.6 Å². The first-order chi connectivity index (χ1) is 8.44. The molecule has 1 aliphatic heterocycles. The molecule has 1 atom stereocenters. The second-order valence-electron chi connectivity index (χ2n) is 4.30. The normalized spacial score (nSPS) is 23.0. The molecule has 7 heteroatoms. The van der Waals surface area contributed by atoms with Gasteiger partial charge in [0, 0.05) is 26.3 Å². The summed E-state index contributed by atoms with van der Waals surface area (Å²) in [4.78, 5) is 23.3. The van der Waals surface area contributed by atoms with Crippen molar-refractivity contribution in [3.8, 4) is 0 Å². The van der Waals surface area contributed by atoms with Gasteiger partial charge >= 0.3 is 5.97 Å². The van der Waals surface area contributed by atoms with E-state index in [1.54, 1.807) is 17.8 Å². The van der Waals surface area contributed by atoms with Crippen molar-refractivity contribution >= 4 is 23.5 Å². The van der Waals surface area contributed by atoms with Crippen molar-refractivity contribution < 1.29 is 19.4 Å². The van der Waals surface area contributed by atoms with Crippen LogP contribution in [0.2, 0.25) is 5.02 Å². The highest BCUT2D eigenvalue weighted by molar-refractivity contribution is 6.31. The fraction of sp³-hybridized carbons (Fsp3) is 0.455. The summed E-state index contributed by atoms with van der Waals surface area (Å²) in [6, 6.07) is 1.49. The van der Waals surface area contributed by atoms with E-state index in [1.807, 2.05) is 0 Å². The zero-order valence-corrected chi connectivity index (χ0v) is 10.5. The minimum Gasteiger partial charge on any atom is -0.479 e. The van der Waals surface area contributed by atoms with Crippen molar-refractivity contribution in [1.29, 1.82) is 0 Å². The Balaban J connectivity index is 2.20. The highest BCUT2D eigenvalue weighted by atomic mass is 35.5. The van der Waals surface area contributed by atoms with E-state index >= 15 is 0 Å². The first-order valence-electron chi connectivity index (χ1n) is 5.40. The number of aryl methyl sites for hydroxylation is 1. The van der Waals surface area contributed by atoms with E-state index in [9.17, 15) is 14.7 Å². The second-order valence-corrected chi connectivity index (χ2v) is 4.73. The van der Waals surface area contributed by atoms with Crippen LogP contribution in [0.25, 0.3) is 0 Å². The molecule has 2 N–H and O–H groups in total. The van der Waals surface area contributed by atoms with Crippen molar-refractivity contribution in [3.05, 3.63) is 23.0 Å². The smallest absolute Gasteiger partial charge is 0.331 e. The number of nitrogens with zero attached hydrogens (tertiary/aromatic N) is 1. The number of hydrogen-bond acceptors (Lipinski definition) is 3. The fourth-order valence-electron chi connectivity index (χ4n) is 1.92. The summed E-state index contributed by atoms with van der Waals surface area (Å²) in [7, 11) is 1.67. The lowest BCUT2D eigenvalue weighted by Crippen LogP contribution is -2.55. The maximum atomic E-state index is 12.0. The number of carbonyl (C=O) groups is 2. The molecular weight excluding hydrogens is 260 g/mol. The number of carboxylic acids is 1. The van der Waals surface area contributed by atoms with Gasteiger partial charge in [-0.15, -0.1) is 0 Å². The number of hydrogen-bond donors (Lipinski definition) is 2. The van der Waals surface area contributed by atoms with Crippen LogP contribution in [-0.4, -0.2) is 40.3 Å². The van der Waals surface area contributed by atoms with Crippen LogP contribution < -0.4 is 5.32 Å². The van der Waals surface area contributed by atoms with Gasteiger partial charge in [-0.1, -0.05) is 11.6 Å². The zero-order valence-electron chi connectivity index (χ0n) is 9.77. The molecule has 1 aromatic heterocycles. The van der Waals surface area contributed by atoms with Crippen molar-refractivity contribution in [2.45, 2.75) is 12.0 Å². The zero-order chi connectivity index (χ0) is 13.3. The Hall–Kier alpha value is -1.53. The molecule has 2 rings (SSSR count). The maximum Gasteiger partial charge on any atom is 0.331 e. The van der Waals surface area contributed by atoms with Gasteiger partial charge in [-0.3, -0.25) is 4.79 Å². The predicted molar refractivity (Wildman–Crippen MR) is 63.7 cm³/mol. The van der Waals surface area contributed by atoms with Crippen LogP contribution in [0.5, 0.6) is 0 Å². The lowest BCUT2D eigenvalue weighted by atomic mass is 9.99. The first kappa shape index (κ1) is 12.9. The van der Waals surface area contributed by atoms with Crippen molar-refractivity contribution in [2.75, 3.05) is 13.2 Å². The first-order valence-corrected chi connectivity index (χ1v) is 5.78. The molecular formula is C11H13ClN2O4. The largest absolute Gasteiger partial charge is 0.479 e. The third-order valence-corrected chi connectivity index (χ3v) is 3.19. The summed E-state index contributed by atoms with van der Waals surface area (Å²) in [6.45, 7) is 0.298. The number of aliphatic carboxylic acids is 1. The van der Waals surface area contributed by atoms with Crippen molar-refractivity contribution in [2.24, 2.45) is 7.05 Å². The monoisotopic (exact) mass is 272 g/mol. The van der Waals surface area contributed by atoms with E-state index in [0.717, 1.165) is 0 Å². The summed E-state index contributed by atoms with van der Waals surface area (Å²) >= 11 is 5.78. The number of ether oxygens (including phenoxy) is 1. The number of carboxylic acid groups (broad SMARTS) is 1. The third kappa shape index (κ3) is 2.21. The van der Waals surface area contributed by atoms with Crippen molar-refractivity contribution in [1.82, 2.24) is 9.88 Å². The van der Waals surface area contributed by atoms with E-state index in [4.69, 9.17) is 16.3 Å². The van der Waals surface area contributed by atoms with Gasteiger partial charge in [-0.2, -0.15) is 0 Å². The van der Waals surface area contributed by atoms with E-state index in [0.29, 0.717) is 17.3 Å². The molecule has 2 heterocycles. The average Bonchev–Trinajstić information content (AvgIpc) is 2.86. The SMILES string of the molecule is Cn1cc(Cl)cc1C(=O)NC1(C(=O)O)CCOC1.